The first-order valence-electron chi connectivity index (χ1n) is 10.2. The van der Waals surface area contributed by atoms with Crippen LogP contribution in [-0.2, 0) is 29.1 Å². The van der Waals surface area contributed by atoms with E-state index in [0.29, 0.717) is 25.1 Å². The molecule has 0 fully saturated rings. The van der Waals surface area contributed by atoms with Gasteiger partial charge in [-0.05, 0) is 54.4 Å². The smallest absolute Gasteiger partial charge is 0.258 e. The molecule has 0 atom stereocenters. The monoisotopic (exact) mass is 395 g/mol. The van der Waals surface area contributed by atoms with Gasteiger partial charge in [-0.25, -0.2) is 0 Å². The number of amides is 2. The van der Waals surface area contributed by atoms with Crippen molar-refractivity contribution in [1.29, 1.82) is 0 Å². The Bertz CT molecular complexity index is 862. The second-order valence-corrected chi connectivity index (χ2v) is 7.16. The third-order valence-electron chi connectivity index (χ3n) is 5.22. The molecule has 0 aromatic heterocycles. The summed E-state index contributed by atoms with van der Waals surface area (Å²) in [5, 5.41) is 5.79. The molecule has 29 heavy (non-hydrogen) atoms. The van der Waals surface area contributed by atoms with Crippen LogP contribution in [0.2, 0.25) is 0 Å². The summed E-state index contributed by atoms with van der Waals surface area (Å²) in [6.07, 6.45) is 1.16. The Morgan fingerprint density at radius 1 is 1.10 bits per heavy atom. The molecule has 6 heteroatoms. The van der Waals surface area contributed by atoms with E-state index in [9.17, 15) is 9.59 Å². The van der Waals surface area contributed by atoms with Crippen LogP contribution in [0.3, 0.4) is 0 Å². The summed E-state index contributed by atoms with van der Waals surface area (Å²) in [5.41, 5.74) is 4.21. The van der Waals surface area contributed by atoms with Gasteiger partial charge in [0.2, 0.25) is 5.91 Å². The van der Waals surface area contributed by atoms with Crippen molar-refractivity contribution in [3.05, 3.63) is 59.2 Å². The summed E-state index contributed by atoms with van der Waals surface area (Å²) in [6.45, 7) is 7.62. The number of carbonyl (C=O) groups is 2. The third-order valence-corrected chi connectivity index (χ3v) is 5.22. The number of benzene rings is 2. The van der Waals surface area contributed by atoms with Crippen molar-refractivity contribution in [3.63, 3.8) is 0 Å². The highest BCUT2D eigenvalue weighted by Gasteiger charge is 2.15. The maximum absolute atomic E-state index is 12.3. The van der Waals surface area contributed by atoms with Gasteiger partial charge in [-0.2, -0.15) is 0 Å². The molecule has 3 rings (SSSR count). The minimum atomic E-state index is -0.159. The molecule has 0 spiro atoms. The topological polar surface area (TPSA) is 70.7 Å². The molecular weight excluding hydrogens is 366 g/mol. The highest BCUT2D eigenvalue weighted by atomic mass is 16.5. The van der Waals surface area contributed by atoms with Crippen LogP contribution in [0, 0.1) is 0 Å². The van der Waals surface area contributed by atoms with E-state index in [-0.39, 0.29) is 18.4 Å². The summed E-state index contributed by atoms with van der Waals surface area (Å²) in [4.78, 5) is 26.0. The zero-order valence-corrected chi connectivity index (χ0v) is 17.2. The summed E-state index contributed by atoms with van der Waals surface area (Å²) in [5.74, 6) is 0.512. The van der Waals surface area contributed by atoms with Crippen LogP contribution < -0.4 is 15.4 Å². The number of carbonyl (C=O) groups excluding carboxylic acids is 2. The number of rotatable bonds is 9. The fourth-order valence-corrected chi connectivity index (χ4v) is 3.42. The number of nitrogens with zero attached hydrogens (tertiary/aromatic N) is 1. The molecular formula is C23H29N3O3. The molecule has 2 N–H and O–H groups in total. The number of ether oxygens (including phenoxy) is 1. The van der Waals surface area contributed by atoms with Crippen LogP contribution in [0.25, 0.3) is 0 Å². The lowest BCUT2D eigenvalue weighted by atomic mass is 10.0. The quantitative estimate of drug-likeness (QED) is 0.684. The first-order valence-corrected chi connectivity index (χ1v) is 10.2. The summed E-state index contributed by atoms with van der Waals surface area (Å²) >= 11 is 0. The third kappa shape index (κ3) is 5.81. The molecule has 0 saturated carbocycles. The molecule has 1 heterocycles. The molecule has 154 valence electrons. The Hall–Kier alpha value is -2.86. The van der Waals surface area contributed by atoms with Crippen molar-refractivity contribution in [2.75, 3.05) is 25.0 Å². The first-order chi connectivity index (χ1) is 14.1. The summed E-state index contributed by atoms with van der Waals surface area (Å²) in [7, 11) is 0. The van der Waals surface area contributed by atoms with Gasteiger partial charge >= 0.3 is 0 Å². The zero-order chi connectivity index (χ0) is 20.6. The maximum Gasteiger partial charge on any atom is 0.258 e. The molecule has 2 aromatic rings. The zero-order valence-electron chi connectivity index (χ0n) is 17.2. The Kier molecular flexibility index (Phi) is 7.25. The van der Waals surface area contributed by atoms with E-state index in [1.807, 2.05) is 24.3 Å². The van der Waals surface area contributed by atoms with Crippen LogP contribution in [0.5, 0.6) is 5.75 Å². The highest BCUT2D eigenvalue weighted by molar-refractivity contribution is 5.94. The van der Waals surface area contributed by atoms with Crippen LogP contribution >= 0.6 is 0 Å². The minimum absolute atomic E-state index is 0.0341. The Labute approximate surface area is 172 Å². The number of anilines is 1. The number of nitrogens with one attached hydrogen (secondary N) is 2. The Balaban J connectivity index is 1.51. The van der Waals surface area contributed by atoms with Gasteiger partial charge in [0.1, 0.15) is 5.75 Å². The molecule has 6 nitrogen and oxygen atoms in total. The molecule has 0 aliphatic carbocycles. The van der Waals surface area contributed by atoms with Crippen LogP contribution in [-0.4, -0.2) is 36.4 Å². The van der Waals surface area contributed by atoms with Gasteiger partial charge in [0, 0.05) is 25.2 Å². The summed E-state index contributed by atoms with van der Waals surface area (Å²) < 4.78 is 5.65. The van der Waals surface area contributed by atoms with Gasteiger partial charge in [-0.1, -0.05) is 38.1 Å². The van der Waals surface area contributed by atoms with E-state index in [4.69, 9.17) is 4.74 Å². The minimum Gasteiger partial charge on any atom is -0.484 e. The predicted molar refractivity (Wildman–Crippen MR) is 114 cm³/mol. The van der Waals surface area contributed by atoms with Gasteiger partial charge < -0.3 is 15.4 Å². The molecule has 0 saturated heterocycles. The maximum atomic E-state index is 12.3. The largest absolute Gasteiger partial charge is 0.484 e. The van der Waals surface area contributed by atoms with Crippen molar-refractivity contribution < 1.29 is 14.3 Å². The molecule has 2 amide bonds. The van der Waals surface area contributed by atoms with Crippen LogP contribution in [0.4, 0.5) is 5.69 Å². The van der Waals surface area contributed by atoms with Crippen LogP contribution in [0.15, 0.2) is 42.5 Å². The molecule has 0 radical (unpaired) electrons. The fraction of sp³-hybridized carbons (Fsp3) is 0.391. The van der Waals surface area contributed by atoms with Crippen LogP contribution in [0.1, 0.15) is 37.0 Å². The van der Waals surface area contributed by atoms with Gasteiger partial charge in [0.25, 0.3) is 5.91 Å². The van der Waals surface area contributed by atoms with E-state index in [1.165, 1.54) is 5.56 Å². The standard InChI is InChI=1S/C23H29N3O3/c1-3-26(4-2)15-19-8-6-5-7-18(19)14-24-23(28)16-29-20-10-11-21-17(13-20)9-12-22(27)25-21/h5-8,10-11,13H,3-4,9,12,14-16H2,1-2H3,(H,24,28)(H,25,27). The number of hydrogen-bond donors (Lipinski definition) is 2. The van der Waals surface area contributed by atoms with Gasteiger partial charge in [-0.3, -0.25) is 14.5 Å². The Morgan fingerprint density at radius 3 is 2.62 bits per heavy atom. The number of aryl methyl sites for hydroxylation is 1. The second kappa shape index (κ2) is 10.1. The highest BCUT2D eigenvalue weighted by Crippen LogP contribution is 2.26. The average Bonchev–Trinajstić information content (AvgIpc) is 2.75. The predicted octanol–water partition coefficient (Wildman–Crippen LogP) is 3.11. The number of fused-ring (bicyclic) bond motifs is 1. The second-order valence-electron chi connectivity index (χ2n) is 7.16. The van der Waals surface area contributed by atoms with Crippen molar-refractivity contribution in [1.82, 2.24) is 10.2 Å². The summed E-state index contributed by atoms with van der Waals surface area (Å²) in [6, 6.07) is 13.7. The SMILES string of the molecule is CCN(CC)Cc1ccccc1CNC(=O)COc1ccc2c(c1)CCC(=O)N2. The molecule has 1 aliphatic rings. The van der Waals surface area contributed by atoms with Gasteiger partial charge in [-0.15, -0.1) is 0 Å². The first kappa shape index (κ1) is 20.9. The Morgan fingerprint density at radius 2 is 1.86 bits per heavy atom. The normalized spacial score (nSPS) is 13.0. The fourth-order valence-electron chi connectivity index (χ4n) is 3.42. The van der Waals surface area contributed by atoms with Crippen molar-refractivity contribution in [3.8, 4) is 5.75 Å². The van der Waals surface area contributed by atoms with Crippen molar-refractivity contribution in [2.45, 2.75) is 39.8 Å². The average molecular weight is 396 g/mol. The van der Waals surface area contributed by atoms with E-state index >= 15 is 0 Å². The molecule has 0 unspecified atom stereocenters. The van der Waals surface area contributed by atoms with E-state index in [0.717, 1.165) is 36.4 Å². The van der Waals surface area contributed by atoms with E-state index in [2.05, 4.69) is 41.5 Å². The lowest BCUT2D eigenvalue weighted by molar-refractivity contribution is -0.123. The lowest BCUT2D eigenvalue weighted by Crippen LogP contribution is -2.29. The molecule has 2 aromatic carbocycles. The molecule has 0 bridgehead atoms. The van der Waals surface area contributed by atoms with Crippen molar-refractivity contribution in [2.24, 2.45) is 0 Å². The number of hydrogen-bond acceptors (Lipinski definition) is 4. The lowest BCUT2D eigenvalue weighted by Gasteiger charge is -2.20. The van der Waals surface area contributed by atoms with Gasteiger partial charge in [0.05, 0.1) is 0 Å². The van der Waals surface area contributed by atoms with E-state index < -0.39 is 0 Å². The molecule has 1 aliphatic heterocycles. The van der Waals surface area contributed by atoms with Gasteiger partial charge in [0.15, 0.2) is 6.61 Å². The van der Waals surface area contributed by atoms with E-state index in [1.54, 1.807) is 6.07 Å². The van der Waals surface area contributed by atoms with Crippen molar-refractivity contribution >= 4 is 17.5 Å².